The molecule has 2 aromatic rings. The first-order valence-electron chi connectivity index (χ1n) is 7.94. The largest absolute Gasteiger partial charge is 0.478 e. The summed E-state index contributed by atoms with van der Waals surface area (Å²) < 4.78 is 0. The third-order valence-electron chi connectivity index (χ3n) is 4.63. The summed E-state index contributed by atoms with van der Waals surface area (Å²) in [4.78, 5) is 25.0. The lowest BCUT2D eigenvalue weighted by molar-refractivity contribution is 0.0696. The number of rotatable bonds is 4. The second kappa shape index (κ2) is 6.10. The van der Waals surface area contributed by atoms with Gasteiger partial charge in [-0.1, -0.05) is 45.0 Å². The fourth-order valence-electron chi connectivity index (χ4n) is 2.99. The van der Waals surface area contributed by atoms with Crippen LogP contribution < -0.4 is 0 Å². The normalized spacial score (nSPS) is 16.5. The van der Waals surface area contributed by atoms with Crippen LogP contribution in [0.15, 0.2) is 47.4 Å². The Kier molecular flexibility index (Phi) is 4.26. The van der Waals surface area contributed by atoms with Crippen LogP contribution in [0.25, 0.3) is 0 Å². The molecule has 24 heavy (non-hydrogen) atoms. The van der Waals surface area contributed by atoms with Crippen molar-refractivity contribution in [3.05, 3.63) is 64.7 Å². The van der Waals surface area contributed by atoms with Gasteiger partial charge in [-0.15, -0.1) is 11.8 Å². The topological polar surface area (TPSA) is 54.4 Å². The highest BCUT2D eigenvalue weighted by molar-refractivity contribution is 7.99. The van der Waals surface area contributed by atoms with E-state index >= 15 is 0 Å². The highest BCUT2D eigenvalue weighted by Crippen LogP contribution is 2.44. The number of Topliss-reactive ketones (excluding diaryl/α,β-unsaturated/α-hetero) is 1. The fraction of sp³-hybridized carbons (Fsp3) is 0.300. The van der Waals surface area contributed by atoms with Crippen LogP contribution in [-0.2, 0) is 5.41 Å². The van der Waals surface area contributed by atoms with Crippen LogP contribution in [0.4, 0.5) is 0 Å². The minimum absolute atomic E-state index is 0.00958. The van der Waals surface area contributed by atoms with Gasteiger partial charge in [0.05, 0.1) is 5.56 Å². The Morgan fingerprint density at radius 2 is 1.71 bits per heavy atom. The molecule has 1 atom stereocenters. The average Bonchev–Trinajstić information content (AvgIpc) is 2.88. The Morgan fingerprint density at radius 3 is 2.33 bits per heavy atom. The summed E-state index contributed by atoms with van der Waals surface area (Å²) in [6.07, 6.45) is 0. The van der Waals surface area contributed by atoms with Crippen molar-refractivity contribution >= 4 is 23.5 Å². The number of carboxylic acid groups (broad SMARTS) is 1. The number of benzene rings is 2. The van der Waals surface area contributed by atoms with E-state index in [9.17, 15) is 9.59 Å². The van der Waals surface area contributed by atoms with Gasteiger partial charge in [0.15, 0.2) is 5.78 Å². The Balaban J connectivity index is 1.88. The maximum absolute atomic E-state index is 12.7. The molecule has 1 unspecified atom stereocenters. The number of hydrogen-bond acceptors (Lipinski definition) is 3. The fourth-order valence-corrected chi connectivity index (χ4v) is 4.31. The molecule has 2 aromatic carbocycles. The third kappa shape index (κ3) is 2.98. The molecule has 1 heterocycles. The Morgan fingerprint density at radius 1 is 1.08 bits per heavy atom. The second-order valence-corrected chi connectivity index (χ2v) is 7.91. The maximum Gasteiger partial charge on any atom is 0.335 e. The summed E-state index contributed by atoms with van der Waals surface area (Å²) in [5, 5.41) is 8.95. The number of aromatic carboxylic acids is 1. The lowest BCUT2D eigenvalue weighted by atomic mass is 9.83. The predicted octanol–water partition coefficient (Wildman–Crippen LogP) is 4.75. The molecule has 3 rings (SSSR count). The average molecular weight is 340 g/mol. The molecule has 0 saturated heterocycles. The molecule has 4 heteroatoms. The van der Waals surface area contributed by atoms with Gasteiger partial charge in [0, 0.05) is 27.5 Å². The van der Waals surface area contributed by atoms with Gasteiger partial charge >= 0.3 is 5.97 Å². The van der Waals surface area contributed by atoms with Crippen molar-refractivity contribution in [3.63, 3.8) is 0 Å². The number of fused-ring (bicyclic) bond motifs is 1. The number of hydrogen-bond donors (Lipinski definition) is 1. The van der Waals surface area contributed by atoms with Crippen LogP contribution in [0.5, 0.6) is 0 Å². The molecule has 0 fully saturated rings. The summed E-state index contributed by atoms with van der Waals surface area (Å²) in [5.74, 6) is -0.173. The van der Waals surface area contributed by atoms with Gasteiger partial charge in [-0.2, -0.15) is 0 Å². The Hall–Kier alpha value is -2.07. The Labute approximate surface area is 146 Å². The first kappa shape index (κ1) is 16.8. The molecule has 0 aromatic heterocycles. The molecule has 0 amide bonds. The molecule has 124 valence electrons. The minimum Gasteiger partial charge on any atom is -0.478 e. The smallest absolute Gasteiger partial charge is 0.335 e. The zero-order valence-corrected chi connectivity index (χ0v) is 14.8. The summed E-state index contributed by atoms with van der Waals surface area (Å²) >= 11 is 1.86. The van der Waals surface area contributed by atoms with Gasteiger partial charge in [0.25, 0.3) is 0 Å². The molecule has 0 bridgehead atoms. The van der Waals surface area contributed by atoms with Gasteiger partial charge in [0.1, 0.15) is 0 Å². The van der Waals surface area contributed by atoms with E-state index in [1.54, 1.807) is 12.1 Å². The number of carboxylic acids is 1. The summed E-state index contributed by atoms with van der Waals surface area (Å²) in [7, 11) is 0. The number of carbonyl (C=O) groups is 2. The summed E-state index contributed by atoms with van der Waals surface area (Å²) in [6, 6.07) is 12.4. The molecule has 1 aliphatic heterocycles. The predicted molar refractivity (Wildman–Crippen MR) is 96.3 cm³/mol. The first-order chi connectivity index (χ1) is 11.3. The molecule has 1 N–H and O–H groups in total. The minimum atomic E-state index is -0.986. The van der Waals surface area contributed by atoms with Crippen LogP contribution in [0, 0.1) is 0 Å². The van der Waals surface area contributed by atoms with Crippen molar-refractivity contribution in [2.75, 3.05) is 5.75 Å². The molecule has 0 radical (unpaired) electrons. The second-order valence-electron chi connectivity index (χ2n) is 6.90. The van der Waals surface area contributed by atoms with Gasteiger partial charge in [0.2, 0.25) is 0 Å². The van der Waals surface area contributed by atoms with Crippen molar-refractivity contribution in [1.29, 1.82) is 0 Å². The van der Waals surface area contributed by atoms with E-state index in [0.29, 0.717) is 5.56 Å². The highest BCUT2D eigenvalue weighted by atomic mass is 32.2. The Bertz CT molecular complexity index is 806. The highest BCUT2D eigenvalue weighted by Gasteiger charge is 2.31. The van der Waals surface area contributed by atoms with Crippen molar-refractivity contribution in [1.82, 2.24) is 0 Å². The molecule has 1 aliphatic rings. The number of thioether (sulfide) groups is 1. The molecule has 3 nitrogen and oxygen atoms in total. The van der Waals surface area contributed by atoms with Crippen molar-refractivity contribution < 1.29 is 14.7 Å². The van der Waals surface area contributed by atoms with Crippen molar-refractivity contribution in [3.8, 4) is 0 Å². The zero-order chi connectivity index (χ0) is 17.5. The van der Waals surface area contributed by atoms with E-state index in [4.69, 9.17) is 5.11 Å². The van der Waals surface area contributed by atoms with Crippen LogP contribution in [0.1, 0.15) is 58.5 Å². The van der Waals surface area contributed by atoms with E-state index in [1.807, 2.05) is 24.8 Å². The van der Waals surface area contributed by atoms with Crippen LogP contribution >= 0.6 is 11.8 Å². The molecule has 0 spiro atoms. The zero-order valence-electron chi connectivity index (χ0n) is 14.0. The molecule has 0 saturated carbocycles. The van der Waals surface area contributed by atoms with E-state index in [2.05, 4.69) is 26.0 Å². The summed E-state index contributed by atoms with van der Waals surface area (Å²) in [5.41, 5.74) is 3.18. The maximum atomic E-state index is 12.7. The number of carbonyl (C=O) groups excluding carboxylic acids is 1. The molecular weight excluding hydrogens is 320 g/mol. The standard InChI is InChI=1S/C20H20O3S/c1-12(18(21)13-4-6-14(7-5-13)19(22)23)15-8-9-17-16(10-15)20(2,3)11-24-17/h4-10,12H,11H2,1-3H3,(H,22,23). The van der Waals surface area contributed by atoms with E-state index in [1.165, 1.54) is 22.6 Å². The summed E-state index contributed by atoms with van der Waals surface area (Å²) in [6.45, 7) is 6.36. The van der Waals surface area contributed by atoms with E-state index < -0.39 is 5.97 Å². The quantitative estimate of drug-likeness (QED) is 0.816. The SMILES string of the molecule is CC(C(=O)c1ccc(C(=O)O)cc1)c1ccc2c(c1)C(C)(C)CS2. The lowest BCUT2D eigenvalue weighted by Crippen LogP contribution is -2.17. The number of ketones is 1. The van der Waals surface area contributed by atoms with E-state index in [0.717, 1.165) is 11.3 Å². The van der Waals surface area contributed by atoms with Gasteiger partial charge in [-0.05, 0) is 29.3 Å². The van der Waals surface area contributed by atoms with Crippen LogP contribution in [-0.4, -0.2) is 22.6 Å². The van der Waals surface area contributed by atoms with Gasteiger partial charge in [-0.3, -0.25) is 4.79 Å². The van der Waals surface area contributed by atoms with Crippen LogP contribution in [0.2, 0.25) is 0 Å². The molecule has 0 aliphatic carbocycles. The van der Waals surface area contributed by atoms with Crippen molar-refractivity contribution in [2.24, 2.45) is 0 Å². The lowest BCUT2D eigenvalue weighted by Gasteiger charge is -2.20. The van der Waals surface area contributed by atoms with E-state index in [-0.39, 0.29) is 22.7 Å². The molecular formula is C20H20O3S. The van der Waals surface area contributed by atoms with Gasteiger partial charge < -0.3 is 5.11 Å². The van der Waals surface area contributed by atoms with Gasteiger partial charge in [-0.25, -0.2) is 4.79 Å². The third-order valence-corrected chi connectivity index (χ3v) is 6.16. The van der Waals surface area contributed by atoms with Crippen molar-refractivity contribution in [2.45, 2.75) is 37.0 Å². The monoisotopic (exact) mass is 340 g/mol. The van der Waals surface area contributed by atoms with Crippen LogP contribution in [0.3, 0.4) is 0 Å². The first-order valence-corrected chi connectivity index (χ1v) is 8.93.